The van der Waals surface area contributed by atoms with Crippen LogP contribution in [0.3, 0.4) is 0 Å². The molecular weight excluding hydrogens is 364 g/mol. The first-order valence-electron chi connectivity index (χ1n) is 10.8. The van der Waals surface area contributed by atoms with E-state index in [4.69, 9.17) is 9.15 Å². The van der Waals surface area contributed by atoms with Crippen LogP contribution in [0.1, 0.15) is 56.8 Å². The monoisotopic (exact) mass is 396 g/mol. The molecule has 1 atom stereocenters. The van der Waals surface area contributed by atoms with Gasteiger partial charge in [-0.25, -0.2) is 0 Å². The quantitative estimate of drug-likeness (QED) is 0.789. The Hall–Kier alpha value is -2.27. The number of furan rings is 1. The Kier molecular flexibility index (Phi) is 5.95. The number of rotatable bonds is 6. The minimum Gasteiger partial charge on any atom is -0.487 e. The first-order chi connectivity index (χ1) is 14.0. The Labute approximate surface area is 173 Å². The molecule has 0 aliphatic carbocycles. The number of amides is 1. The van der Waals surface area contributed by atoms with Gasteiger partial charge in [-0.1, -0.05) is 32.0 Å². The molecule has 2 aromatic rings. The summed E-state index contributed by atoms with van der Waals surface area (Å²) in [5.41, 5.74) is 1.01. The molecule has 1 N–H and O–H groups in total. The Morgan fingerprint density at radius 2 is 2.00 bits per heavy atom. The first kappa shape index (κ1) is 20.0. The molecule has 1 spiro atoms. The maximum atomic E-state index is 12.6. The highest BCUT2D eigenvalue weighted by Gasteiger charge is 2.43. The highest BCUT2D eigenvalue weighted by Crippen LogP contribution is 2.46. The van der Waals surface area contributed by atoms with Crippen molar-refractivity contribution in [3.05, 3.63) is 54.0 Å². The van der Waals surface area contributed by atoms with Crippen molar-refractivity contribution in [2.75, 3.05) is 19.6 Å². The molecule has 5 heteroatoms. The second-order valence-corrected chi connectivity index (χ2v) is 8.98. The summed E-state index contributed by atoms with van der Waals surface area (Å²) in [6.45, 7) is 7.78. The lowest BCUT2D eigenvalue weighted by molar-refractivity contribution is -0.122. The molecule has 4 rings (SSSR count). The maximum absolute atomic E-state index is 12.6. The van der Waals surface area contributed by atoms with E-state index in [1.807, 2.05) is 24.3 Å². The van der Waals surface area contributed by atoms with E-state index in [0.29, 0.717) is 12.3 Å². The molecule has 1 aromatic heterocycles. The lowest BCUT2D eigenvalue weighted by Crippen LogP contribution is -2.50. The molecule has 3 heterocycles. The average molecular weight is 397 g/mol. The number of piperidine rings is 1. The van der Waals surface area contributed by atoms with Gasteiger partial charge in [0.1, 0.15) is 17.1 Å². The zero-order valence-electron chi connectivity index (χ0n) is 17.5. The van der Waals surface area contributed by atoms with Crippen molar-refractivity contribution in [1.82, 2.24) is 10.2 Å². The zero-order chi connectivity index (χ0) is 20.3. The van der Waals surface area contributed by atoms with E-state index < -0.39 is 0 Å². The van der Waals surface area contributed by atoms with Crippen LogP contribution in [0.5, 0.6) is 5.75 Å². The smallest absolute Gasteiger partial charge is 0.220 e. The number of hydrogen-bond donors (Lipinski definition) is 1. The van der Waals surface area contributed by atoms with Gasteiger partial charge in [-0.15, -0.1) is 0 Å². The molecule has 29 heavy (non-hydrogen) atoms. The number of benzene rings is 1. The minimum absolute atomic E-state index is 0.144. The maximum Gasteiger partial charge on any atom is 0.220 e. The van der Waals surface area contributed by atoms with Gasteiger partial charge in [-0.05, 0) is 48.9 Å². The van der Waals surface area contributed by atoms with Gasteiger partial charge in [0.05, 0.1) is 12.8 Å². The third-order valence-corrected chi connectivity index (χ3v) is 6.17. The molecule has 0 unspecified atom stereocenters. The molecule has 0 radical (unpaired) electrons. The van der Waals surface area contributed by atoms with E-state index in [2.05, 4.69) is 36.2 Å². The molecule has 1 saturated heterocycles. The van der Waals surface area contributed by atoms with Crippen molar-refractivity contribution < 1.29 is 13.9 Å². The van der Waals surface area contributed by atoms with E-state index in [0.717, 1.165) is 57.0 Å². The predicted molar refractivity (Wildman–Crippen MR) is 113 cm³/mol. The predicted octanol–water partition coefficient (Wildman–Crippen LogP) is 4.34. The van der Waals surface area contributed by atoms with Gasteiger partial charge in [0.2, 0.25) is 5.91 Å². The van der Waals surface area contributed by atoms with Crippen LogP contribution in [0.4, 0.5) is 0 Å². The molecule has 1 amide bonds. The summed E-state index contributed by atoms with van der Waals surface area (Å²) in [5, 5.41) is 3.08. The molecular formula is C24H32N2O3. The number of carbonyl (C=O) groups is 1. The first-order valence-corrected chi connectivity index (χ1v) is 10.8. The highest BCUT2D eigenvalue weighted by atomic mass is 16.5. The fourth-order valence-corrected chi connectivity index (χ4v) is 4.59. The van der Waals surface area contributed by atoms with Crippen LogP contribution in [-0.4, -0.2) is 36.0 Å². The second-order valence-electron chi connectivity index (χ2n) is 8.98. The number of fused-ring (bicyclic) bond motifs is 1. The van der Waals surface area contributed by atoms with Crippen LogP contribution in [0.15, 0.2) is 47.1 Å². The average Bonchev–Trinajstić information content (AvgIpc) is 3.21. The van der Waals surface area contributed by atoms with Gasteiger partial charge in [0, 0.05) is 32.0 Å². The lowest BCUT2D eigenvalue weighted by atomic mass is 9.76. The highest BCUT2D eigenvalue weighted by molar-refractivity contribution is 5.77. The van der Waals surface area contributed by atoms with Gasteiger partial charge >= 0.3 is 0 Å². The standard InChI is InChI=1S/C24H32N2O3/c1-18(2)16-25-23(27)14-19-15-24(29-22-8-4-3-7-21(19)22)9-11-26(12-10-24)17-20-6-5-13-28-20/h3-8,13,18-19H,9-12,14-17H2,1-2H3,(H,25,27)/t19-/m0/s1. The molecule has 0 bridgehead atoms. The van der Waals surface area contributed by atoms with Crippen LogP contribution in [0.25, 0.3) is 0 Å². The van der Waals surface area contributed by atoms with Gasteiger partial charge in [0.25, 0.3) is 0 Å². The van der Waals surface area contributed by atoms with Crippen LogP contribution in [-0.2, 0) is 11.3 Å². The SMILES string of the molecule is CC(C)CNC(=O)C[C@H]1CC2(CCN(Cc3ccco3)CC2)Oc2ccccc21. The van der Waals surface area contributed by atoms with Crippen LogP contribution in [0, 0.1) is 5.92 Å². The van der Waals surface area contributed by atoms with E-state index in [1.165, 1.54) is 5.56 Å². The largest absolute Gasteiger partial charge is 0.487 e. The fourth-order valence-electron chi connectivity index (χ4n) is 4.59. The number of ether oxygens (including phenoxy) is 1. The van der Waals surface area contributed by atoms with Crippen molar-refractivity contribution in [2.45, 2.75) is 57.6 Å². The van der Waals surface area contributed by atoms with Crippen molar-refractivity contribution in [2.24, 2.45) is 5.92 Å². The van der Waals surface area contributed by atoms with E-state index in [-0.39, 0.29) is 17.4 Å². The number of likely N-dealkylation sites (tertiary alicyclic amines) is 1. The Balaban J connectivity index is 1.43. The molecule has 1 fully saturated rings. The van der Waals surface area contributed by atoms with Crippen LogP contribution in [0.2, 0.25) is 0 Å². The summed E-state index contributed by atoms with van der Waals surface area (Å²) in [7, 11) is 0. The normalized spacial score (nSPS) is 21.0. The number of hydrogen-bond acceptors (Lipinski definition) is 4. The van der Waals surface area contributed by atoms with E-state index in [1.54, 1.807) is 6.26 Å². The Bertz CT molecular complexity index is 807. The fraction of sp³-hybridized carbons (Fsp3) is 0.542. The van der Waals surface area contributed by atoms with Crippen molar-refractivity contribution >= 4 is 5.91 Å². The molecule has 2 aliphatic heterocycles. The summed E-state index contributed by atoms with van der Waals surface area (Å²) in [6.07, 6.45) is 5.13. The number of para-hydroxylation sites is 1. The second kappa shape index (κ2) is 8.62. The zero-order valence-corrected chi connectivity index (χ0v) is 17.5. The summed E-state index contributed by atoms with van der Waals surface area (Å²) in [4.78, 5) is 15.0. The van der Waals surface area contributed by atoms with Crippen molar-refractivity contribution in [1.29, 1.82) is 0 Å². The van der Waals surface area contributed by atoms with Crippen LogP contribution >= 0.6 is 0 Å². The van der Waals surface area contributed by atoms with Gasteiger partial charge < -0.3 is 14.5 Å². The van der Waals surface area contributed by atoms with E-state index in [9.17, 15) is 4.79 Å². The summed E-state index contributed by atoms with van der Waals surface area (Å²) in [6, 6.07) is 12.2. The Morgan fingerprint density at radius 1 is 1.21 bits per heavy atom. The topological polar surface area (TPSA) is 54.7 Å². The third-order valence-electron chi connectivity index (χ3n) is 6.17. The van der Waals surface area contributed by atoms with Gasteiger partial charge in [-0.2, -0.15) is 0 Å². The third kappa shape index (κ3) is 4.84. The molecule has 5 nitrogen and oxygen atoms in total. The Morgan fingerprint density at radius 3 is 2.72 bits per heavy atom. The molecule has 0 saturated carbocycles. The number of nitrogens with one attached hydrogen (secondary N) is 1. The van der Waals surface area contributed by atoms with Crippen molar-refractivity contribution in [3.63, 3.8) is 0 Å². The minimum atomic E-state index is -0.170. The van der Waals surface area contributed by atoms with E-state index >= 15 is 0 Å². The van der Waals surface area contributed by atoms with Crippen LogP contribution < -0.4 is 10.1 Å². The number of carbonyl (C=O) groups excluding carboxylic acids is 1. The summed E-state index contributed by atoms with van der Waals surface area (Å²) >= 11 is 0. The summed E-state index contributed by atoms with van der Waals surface area (Å²) in [5.74, 6) is 2.79. The van der Waals surface area contributed by atoms with Gasteiger partial charge in [-0.3, -0.25) is 9.69 Å². The number of nitrogens with zero attached hydrogens (tertiary/aromatic N) is 1. The lowest BCUT2D eigenvalue weighted by Gasteiger charge is -2.46. The summed E-state index contributed by atoms with van der Waals surface area (Å²) < 4.78 is 12.1. The van der Waals surface area contributed by atoms with Crippen molar-refractivity contribution in [3.8, 4) is 5.75 Å². The van der Waals surface area contributed by atoms with Gasteiger partial charge in [0.15, 0.2) is 0 Å². The molecule has 156 valence electrons. The molecule has 2 aliphatic rings. The molecule has 1 aromatic carbocycles.